The van der Waals surface area contributed by atoms with E-state index in [4.69, 9.17) is 0 Å². The van der Waals surface area contributed by atoms with Crippen LogP contribution >= 0.6 is 0 Å². The van der Waals surface area contributed by atoms with Gasteiger partial charge < -0.3 is 10.0 Å². The molecule has 112 valence electrons. The van der Waals surface area contributed by atoms with E-state index in [1.807, 2.05) is 17.0 Å². The molecule has 2 heterocycles. The van der Waals surface area contributed by atoms with E-state index in [2.05, 4.69) is 9.97 Å². The van der Waals surface area contributed by atoms with Gasteiger partial charge in [-0.3, -0.25) is 0 Å². The van der Waals surface area contributed by atoms with Crippen LogP contribution in [0.15, 0.2) is 24.3 Å². The third-order valence-electron chi connectivity index (χ3n) is 3.87. The first-order valence-corrected chi connectivity index (χ1v) is 7.09. The van der Waals surface area contributed by atoms with E-state index in [9.17, 15) is 13.9 Å². The summed E-state index contributed by atoms with van der Waals surface area (Å²) in [6.07, 6.45) is -0.808. The normalized spacial score (nSPS) is 19.4. The quantitative estimate of drug-likeness (QED) is 0.945. The van der Waals surface area contributed by atoms with Gasteiger partial charge >= 0.3 is 0 Å². The van der Waals surface area contributed by atoms with Crippen LogP contribution in [0.5, 0.6) is 0 Å². The lowest BCUT2D eigenvalue weighted by Gasteiger charge is -2.33. The zero-order valence-electron chi connectivity index (χ0n) is 11.5. The minimum Gasteiger partial charge on any atom is -0.396 e. The van der Waals surface area contributed by atoms with Gasteiger partial charge in [-0.25, -0.2) is 18.7 Å². The van der Waals surface area contributed by atoms with E-state index < -0.39 is 12.2 Å². The molecule has 1 atom stereocenters. The van der Waals surface area contributed by atoms with E-state index in [0.29, 0.717) is 17.9 Å². The number of aliphatic hydroxyl groups is 1. The minimum absolute atomic E-state index is 0.112. The molecule has 6 heteroatoms. The van der Waals surface area contributed by atoms with Gasteiger partial charge in [-0.2, -0.15) is 0 Å². The molecule has 1 aliphatic rings. The van der Waals surface area contributed by atoms with E-state index in [1.54, 1.807) is 12.1 Å². The monoisotopic (exact) mass is 293 g/mol. The Morgan fingerprint density at radius 1 is 1.29 bits per heavy atom. The number of para-hydroxylation sites is 1. The second-order valence-corrected chi connectivity index (χ2v) is 5.36. The van der Waals surface area contributed by atoms with Crippen molar-refractivity contribution in [1.82, 2.24) is 9.97 Å². The highest BCUT2D eigenvalue weighted by atomic mass is 19.3. The Bertz CT molecular complexity index is 635. The number of alkyl halides is 2. The smallest absolute Gasteiger partial charge is 0.297 e. The van der Waals surface area contributed by atoms with Crippen molar-refractivity contribution in [2.75, 3.05) is 24.6 Å². The summed E-state index contributed by atoms with van der Waals surface area (Å²) >= 11 is 0. The number of anilines is 1. The van der Waals surface area contributed by atoms with Crippen LogP contribution in [0.2, 0.25) is 0 Å². The van der Waals surface area contributed by atoms with Gasteiger partial charge in [0.1, 0.15) is 5.82 Å². The summed E-state index contributed by atoms with van der Waals surface area (Å²) in [6, 6.07) is 7.20. The van der Waals surface area contributed by atoms with Gasteiger partial charge in [0, 0.05) is 25.1 Å². The zero-order valence-corrected chi connectivity index (χ0v) is 11.5. The highest BCUT2D eigenvalue weighted by Gasteiger charge is 2.24. The molecule has 0 spiro atoms. The molecule has 4 nitrogen and oxygen atoms in total. The predicted molar refractivity (Wildman–Crippen MR) is 76.5 cm³/mol. The molecule has 1 aromatic carbocycles. The van der Waals surface area contributed by atoms with Crippen LogP contribution < -0.4 is 4.90 Å². The van der Waals surface area contributed by atoms with Gasteiger partial charge in [0.2, 0.25) is 0 Å². The molecule has 1 aliphatic heterocycles. The van der Waals surface area contributed by atoms with Crippen LogP contribution in [0.25, 0.3) is 10.9 Å². The van der Waals surface area contributed by atoms with Crippen molar-refractivity contribution >= 4 is 16.7 Å². The molecule has 3 rings (SSSR count). The molecule has 1 N–H and O–H groups in total. The molecule has 0 aliphatic carbocycles. The Morgan fingerprint density at radius 2 is 2.10 bits per heavy atom. The van der Waals surface area contributed by atoms with Crippen molar-refractivity contribution in [3.63, 3.8) is 0 Å². The molecule has 21 heavy (non-hydrogen) atoms. The molecule has 0 bridgehead atoms. The van der Waals surface area contributed by atoms with Gasteiger partial charge in [-0.1, -0.05) is 12.1 Å². The number of aromatic nitrogens is 2. The Labute approximate surface area is 121 Å². The maximum absolute atomic E-state index is 13.0. The maximum Gasteiger partial charge on any atom is 0.297 e. The molecular formula is C15H17F2N3O. The van der Waals surface area contributed by atoms with Crippen LogP contribution in [0.3, 0.4) is 0 Å². The van der Waals surface area contributed by atoms with Gasteiger partial charge in [-0.15, -0.1) is 0 Å². The number of hydrogen-bond acceptors (Lipinski definition) is 4. The lowest BCUT2D eigenvalue weighted by molar-refractivity contribution is 0.140. The van der Waals surface area contributed by atoms with E-state index >= 15 is 0 Å². The molecule has 0 unspecified atom stereocenters. The highest BCUT2D eigenvalue weighted by Crippen LogP contribution is 2.30. The number of halogens is 2. The average molecular weight is 293 g/mol. The fourth-order valence-electron chi connectivity index (χ4n) is 2.82. The first-order valence-electron chi connectivity index (χ1n) is 7.09. The number of hydrogen-bond donors (Lipinski definition) is 1. The van der Waals surface area contributed by atoms with Crippen LogP contribution in [0.4, 0.5) is 14.6 Å². The van der Waals surface area contributed by atoms with Crippen molar-refractivity contribution in [2.45, 2.75) is 19.3 Å². The van der Waals surface area contributed by atoms with Crippen LogP contribution in [0, 0.1) is 5.92 Å². The number of benzene rings is 1. The largest absolute Gasteiger partial charge is 0.396 e. The first kappa shape index (κ1) is 14.1. The molecular weight excluding hydrogens is 276 g/mol. The lowest BCUT2D eigenvalue weighted by Crippen LogP contribution is -2.37. The molecule has 0 saturated carbocycles. The summed E-state index contributed by atoms with van der Waals surface area (Å²) in [5.74, 6) is 0.284. The van der Waals surface area contributed by atoms with Crippen LogP contribution in [-0.4, -0.2) is 34.8 Å². The predicted octanol–water partition coefficient (Wildman–Crippen LogP) is 2.78. The topological polar surface area (TPSA) is 49.2 Å². The van der Waals surface area contributed by atoms with Crippen molar-refractivity contribution < 1.29 is 13.9 Å². The standard InChI is InChI=1S/C15H17F2N3O/c16-13(17)14-18-12-6-2-1-5-11(12)15(19-14)20-7-3-4-10(8-20)9-21/h1-2,5-6,10,13,21H,3-4,7-9H2/t10-/m1/s1. The molecule has 1 fully saturated rings. The summed E-state index contributed by atoms with van der Waals surface area (Å²) in [5, 5.41) is 10.1. The molecule has 1 saturated heterocycles. The number of aliphatic hydroxyl groups excluding tert-OH is 1. The SMILES string of the molecule is OC[C@@H]1CCCN(c2nc(C(F)F)nc3ccccc23)C1. The summed E-state index contributed by atoms with van der Waals surface area (Å²) in [4.78, 5) is 9.99. The second kappa shape index (κ2) is 5.89. The Kier molecular flexibility index (Phi) is 3.96. The number of piperidine rings is 1. The number of nitrogens with zero attached hydrogens (tertiary/aromatic N) is 3. The third kappa shape index (κ3) is 2.81. The lowest BCUT2D eigenvalue weighted by atomic mass is 9.99. The summed E-state index contributed by atoms with van der Waals surface area (Å²) in [6.45, 7) is 1.52. The van der Waals surface area contributed by atoms with Crippen LogP contribution in [0.1, 0.15) is 25.1 Å². The molecule has 0 radical (unpaired) electrons. The van der Waals surface area contributed by atoms with Crippen molar-refractivity contribution in [3.05, 3.63) is 30.1 Å². The van der Waals surface area contributed by atoms with Crippen molar-refractivity contribution in [3.8, 4) is 0 Å². The summed E-state index contributed by atoms with van der Waals surface area (Å²) in [7, 11) is 0. The van der Waals surface area contributed by atoms with E-state index in [-0.39, 0.29) is 12.5 Å². The van der Waals surface area contributed by atoms with Gasteiger partial charge in [0.05, 0.1) is 5.52 Å². The van der Waals surface area contributed by atoms with Gasteiger partial charge in [-0.05, 0) is 30.9 Å². The van der Waals surface area contributed by atoms with E-state index in [1.165, 1.54) is 0 Å². The molecule has 2 aromatic rings. The molecule has 0 amide bonds. The summed E-state index contributed by atoms with van der Waals surface area (Å²) < 4.78 is 26.0. The second-order valence-electron chi connectivity index (χ2n) is 5.36. The van der Waals surface area contributed by atoms with Crippen molar-refractivity contribution in [1.29, 1.82) is 0 Å². The Balaban J connectivity index is 2.07. The average Bonchev–Trinajstić information content (AvgIpc) is 2.53. The fraction of sp³-hybridized carbons (Fsp3) is 0.467. The Morgan fingerprint density at radius 3 is 2.86 bits per heavy atom. The molecule has 1 aromatic heterocycles. The fourth-order valence-corrected chi connectivity index (χ4v) is 2.82. The number of rotatable bonds is 3. The van der Waals surface area contributed by atoms with Crippen molar-refractivity contribution in [2.24, 2.45) is 5.92 Å². The first-order chi connectivity index (χ1) is 10.2. The zero-order chi connectivity index (χ0) is 14.8. The van der Waals surface area contributed by atoms with E-state index in [0.717, 1.165) is 24.8 Å². The van der Waals surface area contributed by atoms with Crippen LogP contribution in [-0.2, 0) is 0 Å². The van der Waals surface area contributed by atoms with Gasteiger partial charge in [0.25, 0.3) is 6.43 Å². The third-order valence-corrected chi connectivity index (χ3v) is 3.87. The minimum atomic E-state index is -2.69. The highest BCUT2D eigenvalue weighted by molar-refractivity contribution is 5.89. The maximum atomic E-state index is 13.0. The van der Waals surface area contributed by atoms with Gasteiger partial charge in [0.15, 0.2) is 5.82 Å². The Hall–Kier alpha value is -1.82. The number of fused-ring (bicyclic) bond motifs is 1. The summed E-state index contributed by atoms with van der Waals surface area (Å²) in [5.41, 5.74) is 0.531.